The molecule has 1 unspecified atom stereocenters. The van der Waals surface area contributed by atoms with Gasteiger partial charge in [0.25, 0.3) is 0 Å². The maximum Gasteiger partial charge on any atom is 0.224 e. The lowest BCUT2D eigenvalue weighted by Crippen LogP contribution is -2.32. The summed E-state index contributed by atoms with van der Waals surface area (Å²) in [6, 6.07) is 2.43. The van der Waals surface area contributed by atoms with E-state index in [2.05, 4.69) is 27.2 Å². The molecule has 1 N–H and O–H groups in total. The monoisotopic (exact) mass is 222 g/mol. The zero-order valence-corrected chi connectivity index (χ0v) is 10.0. The summed E-state index contributed by atoms with van der Waals surface area (Å²) in [7, 11) is 3.89. The van der Waals surface area contributed by atoms with Crippen LogP contribution in [0.3, 0.4) is 0 Å². The standard InChI is InChI=1S/C11H18N4O/c1-8-6-10(14-11(12-2)13-8)15(3)9-4-5-16-7-9/h6,9H,4-5,7H2,1-3H3,(H,12,13,14). The van der Waals surface area contributed by atoms with E-state index in [-0.39, 0.29) is 0 Å². The maximum atomic E-state index is 5.39. The fraction of sp³-hybridized carbons (Fsp3) is 0.636. The highest BCUT2D eigenvalue weighted by molar-refractivity contribution is 5.44. The molecule has 1 fully saturated rings. The number of likely N-dealkylation sites (N-methyl/N-ethyl adjacent to an activating group) is 1. The minimum atomic E-state index is 0.430. The molecule has 0 aliphatic carbocycles. The lowest BCUT2D eigenvalue weighted by atomic mass is 10.2. The number of rotatable bonds is 3. The molecule has 1 aromatic heterocycles. The van der Waals surface area contributed by atoms with E-state index < -0.39 is 0 Å². The SMILES string of the molecule is CNc1nc(C)cc(N(C)C2CCOC2)n1. The van der Waals surface area contributed by atoms with Gasteiger partial charge in [-0.25, -0.2) is 4.98 Å². The highest BCUT2D eigenvalue weighted by Gasteiger charge is 2.21. The van der Waals surface area contributed by atoms with Crippen molar-refractivity contribution in [3.05, 3.63) is 11.8 Å². The van der Waals surface area contributed by atoms with Crippen LogP contribution in [0.15, 0.2) is 6.07 Å². The predicted octanol–water partition coefficient (Wildman–Crippen LogP) is 1.05. The summed E-state index contributed by atoms with van der Waals surface area (Å²) in [5.41, 5.74) is 0.972. The fourth-order valence-electron chi connectivity index (χ4n) is 1.86. The van der Waals surface area contributed by atoms with E-state index in [1.54, 1.807) is 0 Å². The van der Waals surface area contributed by atoms with Crippen LogP contribution in [0.25, 0.3) is 0 Å². The molecule has 5 heteroatoms. The first-order valence-electron chi connectivity index (χ1n) is 5.54. The van der Waals surface area contributed by atoms with Crippen LogP contribution in [-0.2, 0) is 4.74 Å². The van der Waals surface area contributed by atoms with Crippen molar-refractivity contribution in [3.8, 4) is 0 Å². The summed E-state index contributed by atoms with van der Waals surface area (Å²) in [6.07, 6.45) is 1.06. The third kappa shape index (κ3) is 2.24. The van der Waals surface area contributed by atoms with Gasteiger partial charge in [0.1, 0.15) is 5.82 Å². The highest BCUT2D eigenvalue weighted by atomic mass is 16.5. The largest absolute Gasteiger partial charge is 0.379 e. The van der Waals surface area contributed by atoms with Crippen molar-refractivity contribution in [3.63, 3.8) is 0 Å². The minimum Gasteiger partial charge on any atom is -0.379 e. The Morgan fingerprint density at radius 3 is 2.94 bits per heavy atom. The summed E-state index contributed by atoms with van der Waals surface area (Å²) in [5.74, 6) is 1.62. The van der Waals surface area contributed by atoms with E-state index in [4.69, 9.17) is 4.74 Å². The van der Waals surface area contributed by atoms with Gasteiger partial charge in [-0.3, -0.25) is 0 Å². The van der Waals surface area contributed by atoms with Crippen LogP contribution in [0.5, 0.6) is 0 Å². The van der Waals surface area contributed by atoms with E-state index in [1.165, 1.54) is 0 Å². The van der Waals surface area contributed by atoms with E-state index in [0.29, 0.717) is 12.0 Å². The van der Waals surface area contributed by atoms with Crippen LogP contribution in [-0.4, -0.2) is 43.3 Å². The normalized spacial score (nSPS) is 19.8. The summed E-state index contributed by atoms with van der Waals surface area (Å²) < 4.78 is 5.39. The summed E-state index contributed by atoms with van der Waals surface area (Å²) in [6.45, 7) is 3.61. The van der Waals surface area contributed by atoms with Crippen molar-refractivity contribution in [2.75, 3.05) is 37.5 Å². The molecule has 0 saturated carbocycles. The van der Waals surface area contributed by atoms with Crippen LogP contribution in [0.4, 0.5) is 11.8 Å². The molecule has 0 radical (unpaired) electrons. The van der Waals surface area contributed by atoms with Crippen molar-refractivity contribution in [1.29, 1.82) is 0 Å². The van der Waals surface area contributed by atoms with E-state index in [0.717, 1.165) is 31.1 Å². The second-order valence-corrected chi connectivity index (χ2v) is 4.07. The molecule has 0 amide bonds. The molecule has 1 atom stereocenters. The number of hydrogen-bond donors (Lipinski definition) is 1. The zero-order valence-electron chi connectivity index (χ0n) is 10.0. The minimum absolute atomic E-state index is 0.430. The van der Waals surface area contributed by atoms with Gasteiger partial charge in [-0.15, -0.1) is 0 Å². The Kier molecular flexibility index (Phi) is 3.24. The van der Waals surface area contributed by atoms with Crippen LogP contribution in [0, 0.1) is 6.92 Å². The van der Waals surface area contributed by atoms with Gasteiger partial charge in [-0.05, 0) is 13.3 Å². The molecular weight excluding hydrogens is 204 g/mol. The second-order valence-electron chi connectivity index (χ2n) is 4.07. The molecule has 5 nitrogen and oxygen atoms in total. The Morgan fingerprint density at radius 1 is 1.50 bits per heavy atom. The molecule has 1 aromatic rings. The molecule has 0 bridgehead atoms. The molecule has 0 spiro atoms. The van der Waals surface area contributed by atoms with E-state index >= 15 is 0 Å². The molecule has 16 heavy (non-hydrogen) atoms. The van der Waals surface area contributed by atoms with Gasteiger partial charge >= 0.3 is 0 Å². The number of aryl methyl sites for hydroxylation is 1. The molecular formula is C11H18N4O. The summed E-state index contributed by atoms with van der Waals surface area (Å²) >= 11 is 0. The topological polar surface area (TPSA) is 50.3 Å². The molecule has 0 aromatic carbocycles. The Bertz CT molecular complexity index is 363. The summed E-state index contributed by atoms with van der Waals surface area (Å²) in [5, 5.41) is 2.97. The van der Waals surface area contributed by atoms with Gasteiger partial charge in [0.05, 0.1) is 12.6 Å². The van der Waals surface area contributed by atoms with Gasteiger partial charge in [-0.2, -0.15) is 4.98 Å². The van der Waals surface area contributed by atoms with Crippen molar-refractivity contribution < 1.29 is 4.74 Å². The number of hydrogen-bond acceptors (Lipinski definition) is 5. The lowest BCUT2D eigenvalue weighted by Gasteiger charge is -2.24. The molecule has 88 valence electrons. The summed E-state index contributed by atoms with van der Waals surface area (Å²) in [4.78, 5) is 10.9. The van der Waals surface area contributed by atoms with Gasteiger partial charge in [0.2, 0.25) is 5.95 Å². The number of anilines is 2. The van der Waals surface area contributed by atoms with Crippen molar-refractivity contribution in [2.45, 2.75) is 19.4 Å². The first kappa shape index (κ1) is 11.1. The smallest absolute Gasteiger partial charge is 0.224 e. The Morgan fingerprint density at radius 2 is 2.31 bits per heavy atom. The highest BCUT2D eigenvalue weighted by Crippen LogP contribution is 2.19. The molecule has 1 aliphatic rings. The van der Waals surface area contributed by atoms with Crippen molar-refractivity contribution in [2.24, 2.45) is 0 Å². The van der Waals surface area contributed by atoms with Crippen LogP contribution < -0.4 is 10.2 Å². The van der Waals surface area contributed by atoms with Crippen LogP contribution >= 0.6 is 0 Å². The van der Waals surface area contributed by atoms with Gasteiger partial charge in [0.15, 0.2) is 0 Å². The number of nitrogens with one attached hydrogen (secondary N) is 1. The molecule has 1 aliphatic heterocycles. The Balaban J connectivity index is 2.21. The zero-order chi connectivity index (χ0) is 11.5. The van der Waals surface area contributed by atoms with Crippen molar-refractivity contribution >= 4 is 11.8 Å². The lowest BCUT2D eigenvalue weighted by molar-refractivity contribution is 0.193. The maximum absolute atomic E-state index is 5.39. The van der Waals surface area contributed by atoms with Crippen LogP contribution in [0.2, 0.25) is 0 Å². The van der Waals surface area contributed by atoms with Gasteiger partial charge < -0.3 is 15.0 Å². The first-order chi connectivity index (χ1) is 7.70. The van der Waals surface area contributed by atoms with Crippen LogP contribution in [0.1, 0.15) is 12.1 Å². The number of aromatic nitrogens is 2. The quantitative estimate of drug-likeness (QED) is 0.828. The predicted molar refractivity (Wildman–Crippen MR) is 63.9 cm³/mol. The van der Waals surface area contributed by atoms with E-state index in [9.17, 15) is 0 Å². The first-order valence-corrected chi connectivity index (χ1v) is 5.54. The third-order valence-electron chi connectivity index (χ3n) is 2.88. The van der Waals surface area contributed by atoms with Gasteiger partial charge in [0, 0.05) is 32.5 Å². The fourth-order valence-corrected chi connectivity index (χ4v) is 1.86. The average Bonchev–Trinajstić information content (AvgIpc) is 2.80. The average molecular weight is 222 g/mol. The Hall–Kier alpha value is -1.36. The van der Waals surface area contributed by atoms with Gasteiger partial charge in [-0.1, -0.05) is 0 Å². The van der Waals surface area contributed by atoms with E-state index in [1.807, 2.05) is 20.0 Å². The Labute approximate surface area is 95.8 Å². The molecule has 1 saturated heterocycles. The van der Waals surface area contributed by atoms with Crippen molar-refractivity contribution in [1.82, 2.24) is 9.97 Å². The number of ether oxygens (including phenoxy) is 1. The molecule has 2 rings (SSSR count). The molecule has 2 heterocycles. The number of nitrogens with zero attached hydrogens (tertiary/aromatic N) is 3. The second kappa shape index (κ2) is 4.65. The third-order valence-corrected chi connectivity index (χ3v) is 2.88.